The van der Waals surface area contributed by atoms with Gasteiger partial charge in [-0.2, -0.15) is 17.5 Å². The maximum absolute atomic E-state index is 13.1. The molecule has 33 heavy (non-hydrogen) atoms. The van der Waals surface area contributed by atoms with Crippen LogP contribution in [0.3, 0.4) is 0 Å². The molecule has 1 saturated carbocycles. The van der Waals surface area contributed by atoms with Crippen molar-refractivity contribution in [3.8, 4) is 0 Å². The van der Waals surface area contributed by atoms with Gasteiger partial charge in [-0.05, 0) is 75.9 Å². The smallest absolute Gasteiger partial charge is 0.395 e. The molecule has 2 rings (SSSR count). The van der Waals surface area contributed by atoms with E-state index in [1.54, 1.807) is 6.92 Å². The van der Waals surface area contributed by atoms with Crippen LogP contribution in [0.25, 0.3) is 0 Å². The Morgan fingerprint density at radius 3 is 2.15 bits per heavy atom. The Labute approximate surface area is 195 Å². The van der Waals surface area contributed by atoms with Gasteiger partial charge in [-0.25, -0.2) is 8.42 Å². The highest BCUT2D eigenvalue weighted by Crippen LogP contribution is 2.32. The first-order valence-electron chi connectivity index (χ1n) is 11.8. The Hall–Kier alpha value is -1.20. The second-order valence-corrected chi connectivity index (χ2v) is 10.3. The summed E-state index contributed by atoms with van der Waals surface area (Å²) in [6.45, 7) is 7.44. The topological polar surface area (TPSA) is 70.1 Å². The monoisotopic (exact) mass is 494 g/mol. The van der Waals surface area contributed by atoms with Crippen LogP contribution in [0.15, 0.2) is 29.2 Å². The van der Waals surface area contributed by atoms with Crippen molar-refractivity contribution in [3.05, 3.63) is 29.8 Å². The third-order valence-electron chi connectivity index (χ3n) is 6.24. The summed E-state index contributed by atoms with van der Waals surface area (Å²) in [4.78, 5) is 2.08. The number of nitrogens with zero attached hydrogens (tertiary/aromatic N) is 2. The maximum atomic E-state index is 13.1. The van der Waals surface area contributed by atoms with Crippen molar-refractivity contribution < 1.29 is 31.4 Å². The zero-order valence-electron chi connectivity index (χ0n) is 19.6. The molecule has 0 radical (unpaired) electrons. The fourth-order valence-electron chi connectivity index (χ4n) is 4.33. The summed E-state index contributed by atoms with van der Waals surface area (Å²) >= 11 is 0. The van der Waals surface area contributed by atoms with E-state index >= 15 is 0 Å². The largest absolute Gasteiger partial charge is 0.416 e. The average Bonchev–Trinajstić information content (AvgIpc) is 2.79. The Morgan fingerprint density at radius 2 is 1.64 bits per heavy atom. The number of likely N-dealkylation sites (N-methyl/N-ethyl adjacent to an activating group) is 1. The van der Waals surface area contributed by atoms with E-state index in [4.69, 9.17) is 9.84 Å². The van der Waals surface area contributed by atoms with E-state index in [1.165, 1.54) is 4.31 Å². The van der Waals surface area contributed by atoms with E-state index in [0.29, 0.717) is 26.0 Å². The molecule has 10 heteroatoms. The summed E-state index contributed by atoms with van der Waals surface area (Å²) in [6.07, 6.45) is 0.388. The first-order valence-corrected chi connectivity index (χ1v) is 13.2. The van der Waals surface area contributed by atoms with Gasteiger partial charge in [-0.1, -0.05) is 13.8 Å². The number of aliphatic hydroxyl groups is 1. The Bertz CT molecular complexity index is 795. The summed E-state index contributed by atoms with van der Waals surface area (Å²) in [7, 11) is -3.87. The molecule has 1 fully saturated rings. The Balaban J connectivity index is 1.83. The molecule has 190 valence electrons. The van der Waals surface area contributed by atoms with Crippen molar-refractivity contribution in [2.75, 3.05) is 39.4 Å². The van der Waals surface area contributed by atoms with Crippen molar-refractivity contribution >= 4 is 10.0 Å². The van der Waals surface area contributed by atoms with Gasteiger partial charge in [0.1, 0.15) is 0 Å². The van der Waals surface area contributed by atoms with Gasteiger partial charge >= 0.3 is 6.18 Å². The zero-order valence-corrected chi connectivity index (χ0v) is 20.4. The highest BCUT2D eigenvalue weighted by molar-refractivity contribution is 7.89. The minimum Gasteiger partial charge on any atom is -0.395 e. The molecule has 1 aromatic rings. The summed E-state index contributed by atoms with van der Waals surface area (Å²) in [5, 5.41) is 9.03. The van der Waals surface area contributed by atoms with Crippen LogP contribution in [0, 0.1) is 0 Å². The SMILES string of the molecule is CCN(CCO)CCCCOC1CCC(N(CC)S(=O)(=O)c2ccc(C(F)(F)F)cc2)CC1. The molecule has 0 saturated heterocycles. The molecule has 1 N–H and O–H groups in total. The molecule has 1 aliphatic carbocycles. The van der Waals surface area contributed by atoms with Gasteiger partial charge in [-0.3, -0.25) is 0 Å². The van der Waals surface area contributed by atoms with Crippen molar-refractivity contribution in [1.29, 1.82) is 0 Å². The van der Waals surface area contributed by atoms with Crippen LogP contribution in [-0.2, 0) is 20.9 Å². The van der Waals surface area contributed by atoms with Crippen LogP contribution in [-0.4, -0.2) is 74.3 Å². The molecule has 1 aliphatic rings. The number of rotatable bonds is 13. The molecule has 0 spiro atoms. The van der Waals surface area contributed by atoms with Gasteiger partial charge in [0, 0.05) is 25.7 Å². The van der Waals surface area contributed by atoms with Crippen molar-refractivity contribution in [2.45, 2.75) is 75.6 Å². The summed E-state index contributed by atoms with van der Waals surface area (Å²) in [6, 6.07) is 3.52. The van der Waals surface area contributed by atoms with Crippen LogP contribution < -0.4 is 0 Å². The molecule has 0 aromatic heterocycles. The molecule has 1 aromatic carbocycles. The molecule has 0 aliphatic heterocycles. The minimum absolute atomic E-state index is 0.105. The predicted octanol–water partition coefficient (Wildman–Crippen LogP) is 4.14. The molecule has 0 bridgehead atoms. The quantitative estimate of drug-likeness (QED) is 0.418. The standard InChI is InChI=1S/C23H37F3N2O4S/c1-3-27(16-17-29)15-5-6-18-32-21-11-9-20(10-12-21)28(4-2)33(30,31)22-13-7-19(8-14-22)23(24,25)26/h7-8,13-14,20-21,29H,3-6,9-12,15-18H2,1-2H3. The average molecular weight is 495 g/mol. The third kappa shape index (κ3) is 8.20. The second kappa shape index (κ2) is 13.0. The number of hydrogen-bond donors (Lipinski definition) is 1. The van der Waals surface area contributed by atoms with Crippen LogP contribution in [0.5, 0.6) is 0 Å². The molecule has 0 heterocycles. The predicted molar refractivity (Wildman–Crippen MR) is 121 cm³/mol. The number of benzene rings is 1. The lowest BCUT2D eigenvalue weighted by atomic mass is 9.93. The van der Waals surface area contributed by atoms with E-state index in [9.17, 15) is 21.6 Å². The lowest BCUT2D eigenvalue weighted by molar-refractivity contribution is -0.137. The highest BCUT2D eigenvalue weighted by atomic mass is 32.2. The fourth-order valence-corrected chi connectivity index (χ4v) is 6.03. The van der Waals surface area contributed by atoms with Gasteiger partial charge in [-0.15, -0.1) is 0 Å². The van der Waals surface area contributed by atoms with Crippen LogP contribution in [0.4, 0.5) is 13.2 Å². The Kier molecular flexibility index (Phi) is 11.1. The first kappa shape index (κ1) is 28.0. The Morgan fingerprint density at radius 1 is 1.00 bits per heavy atom. The normalized spacial score (nSPS) is 20.0. The zero-order chi connectivity index (χ0) is 24.5. The van der Waals surface area contributed by atoms with Crippen molar-refractivity contribution in [2.24, 2.45) is 0 Å². The second-order valence-electron chi connectivity index (χ2n) is 8.40. The number of hydrogen-bond acceptors (Lipinski definition) is 5. The summed E-state index contributed by atoms with van der Waals surface area (Å²) in [5.74, 6) is 0. The van der Waals surface area contributed by atoms with Crippen molar-refractivity contribution in [1.82, 2.24) is 9.21 Å². The minimum atomic E-state index is -4.50. The molecule has 6 nitrogen and oxygen atoms in total. The third-order valence-corrected chi connectivity index (χ3v) is 8.28. The van der Waals surface area contributed by atoms with Gasteiger partial charge in [0.05, 0.1) is 23.2 Å². The number of alkyl halides is 3. The van der Waals surface area contributed by atoms with Crippen LogP contribution in [0.2, 0.25) is 0 Å². The number of sulfonamides is 1. The molecular weight excluding hydrogens is 457 g/mol. The number of unbranched alkanes of at least 4 members (excludes halogenated alkanes) is 1. The van der Waals surface area contributed by atoms with E-state index in [0.717, 1.165) is 63.0 Å². The van der Waals surface area contributed by atoms with Gasteiger partial charge in [0.2, 0.25) is 10.0 Å². The van der Waals surface area contributed by atoms with E-state index < -0.39 is 21.8 Å². The van der Waals surface area contributed by atoms with Crippen LogP contribution >= 0.6 is 0 Å². The molecule has 0 atom stereocenters. The number of aliphatic hydroxyl groups excluding tert-OH is 1. The van der Waals surface area contributed by atoms with Crippen molar-refractivity contribution in [3.63, 3.8) is 0 Å². The van der Waals surface area contributed by atoms with Crippen LogP contribution in [0.1, 0.15) is 57.9 Å². The number of halogens is 3. The highest BCUT2D eigenvalue weighted by Gasteiger charge is 2.35. The van der Waals surface area contributed by atoms with E-state index in [2.05, 4.69) is 11.8 Å². The number of ether oxygens (including phenoxy) is 1. The maximum Gasteiger partial charge on any atom is 0.416 e. The van der Waals surface area contributed by atoms with Gasteiger partial charge < -0.3 is 14.7 Å². The summed E-state index contributed by atoms with van der Waals surface area (Å²) in [5.41, 5.74) is -0.863. The molecule has 0 amide bonds. The van der Waals surface area contributed by atoms with Gasteiger partial charge in [0.25, 0.3) is 0 Å². The molecular formula is C23H37F3N2O4S. The fraction of sp³-hybridized carbons (Fsp3) is 0.739. The lowest BCUT2D eigenvalue weighted by Crippen LogP contribution is -2.43. The summed E-state index contributed by atoms with van der Waals surface area (Å²) < 4.78 is 71.9. The van der Waals surface area contributed by atoms with E-state index in [1.807, 2.05) is 0 Å². The van der Waals surface area contributed by atoms with E-state index in [-0.39, 0.29) is 30.2 Å². The molecule has 0 unspecified atom stereocenters. The first-order chi connectivity index (χ1) is 15.6. The van der Waals surface area contributed by atoms with Gasteiger partial charge in [0.15, 0.2) is 0 Å². The lowest BCUT2D eigenvalue weighted by Gasteiger charge is -2.35.